The Kier molecular flexibility index (Phi) is 23.9. The molecule has 1 unspecified atom stereocenters. The molecule has 2 aromatic heterocycles. The molecule has 89 heavy (non-hydrogen) atoms. The van der Waals surface area contributed by atoms with Crippen molar-refractivity contribution in [2.75, 3.05) is 80.5 Å². The van der Waals surface area contributed by atoms with Crippen LogP contribution < -0.4 is 60.3 Å². The fraction of sp³-hybridized carbons (Fsp3) is 0.500. The Balaban J connectivity index is 0.000000214. The summed E-state index contributed by atoms with van der Waals surface area (Å²) in [6.45, 7) is 15.0. The smallest absolute Gasteiger partial charge is 0.410 e. The fourth-order valence-corrected chi connectivity index (χ4v) is 10.5. The number of likely N-dealkylation sites (tertiary alicyclic amines) is 1. The van der Waals surface area contributed by atoms with Gasteiger partial charge in [-0.3, -0.25) is 9.59 Å². The van der Waals surface area contributed by atoms with Gasteiger partial charge in [0.15, 0.2) is 0 Å². The van der Waals surface area contributed by atoms with E-state index in [1.54, 1.807) is 29.2 Å². The van der Waals surface area contributed by atoms with Crippen LogP contribution in [-0.4, -0.2) is 124 Å². The normalized spacial score (nSPS) is 16.7. The number of nitrogens with zero attached hydrogens (tertiary/aromatic N) is 7. The van der Waals surface area contributed by atoms with Crippen molar-refractivity contribution in [1.29, 1.82) is 0 Å². The summed E-state index contributed by atoms with van der Waals surface area (Å²) in [7, 11) is 0. The Morgan fingerprint density at radius 1 is 0.528 bits per heavy atom. The number of hydrogen-bond acceptors (Lipinski definition) is 20. The third kappa shape index (κ3) is 20.6. The van der Waals surface area contributed by atoms with Crippen molar-refractivity contribution < 1.29 is 47.5 Å². The highest BCUT2D eigenvalue weighted by Gasteiger charge is 2.33. The molecule has 476 valence electrons. The Labute approximate surface area is 521 Å². The molecule has 6 aromatic rings. The summed E-state index contributed by atoms with van der Waals surface area (Å²) >= 11 is 0. The molecular formula is C66H87N13O10. The van der Waals surface area contributed by atoms with E-state index in [2.05, 4.69) is 61.8 Å². The molecule has 0 radical (unpaired) electrons. The molecule has 5 aliphatic heterocycles. The summed E-state index contributed by atoms with van der Waals surface area (Å²) < 4.78 is 41.0. The van der Waals surface area contributed by atoms with Crippen LogP contribution in [0.5, 0.6) is 35.0 Å². The topological polar surface area (TPSA) is 269 Å². The molecule has 4 aromatic carbocycles. The maximum absolute atomic E-state index is 13.5. The SMILES string of the molecule is CCOc1nc2nc(n1)Nc1ccc(C(=O)NCC3CCCC3)c(c1)OCCCCCCOc1ccc(cc1)CN2.CCOc1nc2nc(n1)Nc1ccc(C(=O)NCC3CCCN3C(=O)OC(C)(C)C)c(c1)OCCCCCCOc1ccc(cc1)CN2. The van der Waals surface area contributed by atoms with Crippen molar-refractivity contribution in [3.63, 3.8) is 0 Å². The highest BCUT2D eigenvalue weighted by atomic mass is 16.6. The second-order valence-electron chi connectivity index (χ2n) is 23.3. The Morgan fingerprint density at radius 3 is 1.44 bits per heavy atom. The maximum Gasteiger partial charge on any atom is 0.410 e. The minimum Gasteiger partial charge on any atom is -0.494 e. The number of nitrogens with one attached hydrogen (secondary N) is 6. The molecule has 12 rings (SSSR count). The zero-order valence-corrected chi connectivity index (χ0v) is 52.1. The first-order valence-electron chi connectivity index (χ1n) is 31.7. The van der Waals surface area contributed by atoms with E-state index in [0.717, 1.165) is 86.8 Å². The van der Waals surface area contributed by atoms with Gasteiger partial charge in [0.2, 0.25) is 23.8 Å². The van der Waals surface area contributed by atoms with Gasteiger partial charge in [0.05, 0.1) is 56.8 Å². The Hall–Kier alpha value is -8.89. The number of aromatic nitrogens is 6. The number of hydrogen-bond donors (Lipinski definition) is 6. The maximum atomic E-state index is 13.5. The predicted molar refractivity (Wildman–Crippen MR) is 340 cm³/mol. The quantitative estimate of drug-likeness (QED) is 0.0744. The van der Waals surface area contributed by atoms with Crippen LogP contribution in [0.15, 0.2) is 84.9 Å². The number of fused-ring (bicyclic) bond motifs is 20. The molecular weight excluding hydrogens is 1130 g/mol. The zero-order valence-electron chi connectivity index (χ0n) is 52.1. The van der Waals surface area contributed by atoms with Gasteiger partial charge in [-0.25, -0.2) is 4.79 Å². The van der Waals surface area contributed by atoms with Crippen LogP contribution in [0.3, 0.4) is 0 Å². The molecule has 12 bridgehead atoms. The molecule has 1 saturated heterocycles. The van der Waals surface area contributed by atoms with E-state index in [-0.39, 0.29) is 41.9 Å². The summed E-state index contributed by atoms with van der Waals surface area (Å²) in [4.78, 5) is 67.9. The van der Waals surface area contributed by atoms with E-state index >= 15 is 0 Å². The van der Waals surface area contributed by atoms with E-state index in [0.29, 0.717) is 130 Å². The first-order valence-corrected chi connectivity index (χ1v) is 31.7. The van der Waals surface area contributed by atoms with Crippen LogP contribution >= 0.6 is 0 Å². The van der Waals surface area contributed by atoms with E-state index in [9.17, 15) is 14.4 Å². The number of benzene rings is 4. The van der Waals surface area contributed by atoms with Gasteiger partial charge >= 0.3 is 18.1 Å². The third-order valence-corrected chi connectivity index (χ3v) is 15.1. The lowest BCUT2D eigenvalue weighted by Crippen LogP contribution is -2.45. The molecule has 1 saturated carbocycles. The van der Waals surface area contributed by atoms with Crippen molar-refractivity contribution in [2.45, 2.75) is 149 Å². The van der Waals surface area contributed by atoms with E-state index in [1.165, 1.54) is 25.7 Å². The van der Waals surface area contributed by atoms with Crippen molar-refractivity contribution in [3.05, 3.63) is 107 Å². The molecule has 7 heterocycles. The average molecular weight is 1220 g/mol. The largest absolute Gasteiger partial charge is 0.494 e. The standard InChI is InChI=1S/C35H47N7O6.C31H40N6O4/c1-5-45-33-40-31-37-22-24-12-15-27(16-13-24)46-19-8-6-7-9-20-47-29-21-25(38-32(39-31)41-33)14-17-28(29)30(43)36-23-26-11-10-18-42(26)34(44)48-35(2,3)4;1-2-39-31-36-29-33-21-23-11-14-25(15-12-23)40-17-7-3-4-8-18-41-27-19-24(34-30(35-29)37-31)13-16-26(27)28(38)32-20-22-9-5-6-10-22/h12-17,21,26H,5-11,18-20,22-23H2,1-4H3,(H,36,43)(H2,37,38,39,40,41);11-16,19,22H,2-10,17-18,20-21H2,1H3,(H,32,38)(H2,33,34,35,36,37). The number of amides is 3. The van der Waals surface area contributed by atoms with Crippen molar-refractivity contribution in [1.82, 2.24) is 45.4 Å². The van der Waals surface area contributed by atoms with Crippen LogP contribution in [-0.2, 0) is 17.8 Å². The molecule has 2 fully saturated rings. The highest BCUT2D eigenvalue weighted by molar-refractivity contribution is 5.98. The van der Waals surface area contributed by atoms with Crippen LogP contribution in [0.1, 0.15) is 156 Å². The number of anilines is 6. The molecule has 6 N–H and O–H groups in total. The van der Waals surface area contributed by atoms with Crippen LogP contribution in [0, 0.1) is 5.92 Å². The molecule has 1 aliphatic carbocycles. The van der Waals surface area contributed by atoms with Gasteiger partial charge in [0.1, 0.15) is 28.6 Å². The predicted octanol–water partition coefficient (Wildman–Crippen LogP) is 12.0. The Bertz CT molecular complexity index is 3230. The molecule has 6 aliphatic rings. The zero-order chi connectivity index (χ0) is 62.2. The van der Waals surface area contributed by atoms with Gasteiger partial charge in [-0.05, 0) is 177 Å². The lowest BCUT2D eigenvalue weighted by molar-refractivity contribution is 0.0224. The molecule has 1 atom stereocenters. The number of carbonyl (C=O) groups is 3. The third-order valence-electron chi connectivity index (χ3n) is 15.1. The summed E-state index contributed by atoms with van der Waals surface area (Å²) in [5, 5.41) is 19.1. The van der Waals surface area contributed by atoms with Crippen LogP contribution in [0.25, 0.3) is 0 Å². The number of rotatable bonds is 10. The Morgan fingerprint density at radius 2 is 0.978 bits per heavy atom. The number of carbonyl (C=O) groups excluding carboxylic acids is 3. The second-order valence-corrected chi connectivity index (χ2v) is 23.3. The van der Waals surface area contributed by atoms with E-state index in [1.807, 2.05) is 95.3 Å². The highest BCUT2D eigenvalue weighted by Crippen LogP contribution is 2.31. The van der Waals surface area contributed by atoms with Gasteiger partial charge in [-0.1, -0.05) is 37.1 Å². The monoisotopic (exact) mass is 1220 g/mol. The molecule has 0 spiro atoms. The van der Waals surface area contributed by atoms with Crippen molar-refractivity contribution in [2.24, 2.45) is 5.92 Å². The summed E-state index contributed by atoms with van der Waals surface area (Å²) in [5.41, 5.74) is 3.77. The van der Waals surface area contributed by atoms with Gasteiger partial charge < -0.3 is 70.0 Å². The fourth-order valence-electron chi connectivity index (χ4n) is 10.5. The van der Waals surface area contributed by atoms with Gasteiger partial charge in [-0.15, -0.1) is 0 Å². The summed E-state index contributed by atoms with van der Waals surface area (Å²) in [6, 6.07) is 26.9. The van der Waals surface area contributed by atoms with Gasteiger partial charge in [0, 0.05) is 56.2 Å². The number of ether oxygens (including phenoxy) is 7. The van der Waals surface area contributed by atoms with E-state index in [4.69, 9.17) is 33.2 Å². The van der Waals surface area contributed by atoms with Crippen molar-refractivity contribution in [3.8, 4) is 35.0 Å². The molecule has 3 amide bonds. The second kappa shape index (κ2) is 32.9. The molecule has 23 nitrogen and oxygen atoms in total. The van der Waals surface area contributed by atoms with Gasteiger partial charge in [-0.2, -0.15) is 29.9 Å². The summed E-state index contributed by atoms with van der Waals surface area (Å²) in [5.74, 6) is 4.14. The lowest BCUT2D eigenvalue weighted by atomic mass is 10.1. The average Bonchev–Trinajstić information content (AvgIpc) is 2.57. The summed E-state index contributed by atoms with van der Waals surface area (Å²) in [6.07, 6.45) is 13.7. The van der Waals surface area contributed by atoms with Crippen molar-refractivity contribution >= 4 is 53.1 Å². The van der Waals surface area contributed by atoms with Gasteiger partial charge in [0.25, 0.3) is 11.8 Å². The van der Waals surface area contributed by atoms with E-state index < -0.39 is 5.60 Å². The first kappa shape index (κ1) is 64.6. The minimum atomic E-state index is -0.590. The van der Waals surface area contributed by atoms with Crippen LogP contribution in [0.4, 0.5) is 40.0 Å². The lowest BCUT2D eigenvalue weighted by Gasteiger charge is -2.28. The first-order chi connectivity index (χ1) is 43.3. The molecule has 23 heteroatoms. The van der Waals surface area contributed by atoms with Crippen LogP contribution in [0.2, 0.25) is 0 Å². The minimum absolute atomic E-state index is 0.113.